The van der Waals surface area contributed by atoms with Gasteiger partial charge in [0.1, 0.15) is 0 Å². The van der Waals surface area contributed by atoms with Gasteiger partial charge in [-0.2, -0.15) is 0 Å². The monoisotopic (exact) mass is 296 g/mol. The van der Waals surface area contributed by atoms with Gasteiger partial charge in [0.05, 0.1) is 11.5 Å². The fraction of sp³-hybridized carbons (Fsp3) is 1.00. The first-order chi connectivity index (χ1) is 7.08. The van der Waals surface area contributed by atoms with E-state index in [4.69, 9.17) is 4.74 Å². The van der Waals surface area contributed by atoms with Crippen molar-refractivity contribution in [1.29, 1.82) is 0 Å². The molecule has 0 N–H and O–H groups in total. The highest BCUT2D eigenvalue weighted by Crippen LogP contribution is 2.44. The molecule has 0 saturated carbocycles. The zero-order chi connectivity index (χ0) is 10.9. The van der Waals surface area contributed by atoms with Gasteiger partial charge in [0.25, 0.3) is 0 Å². The van der Waals surface area contributed by atoms with E-state index >= 15 is 0 Å². The van der Waals surface area contributed by atoms with Crippen molar-refractivity contribution in [2.75, 3.05) is 30.0 Å². The van der Waals surface area contributed by atoms with Crippen LogP contribution in [0.4, 0.5) is 0 Å². The molecule has 0 aliphatic carbocycles. The first kappa shape index (κ1) is 11.9. The Labute approximate surface area is 99.6 Å². The number of ether oxygens (including phenoxy) is 1. The van der Waals surface area contributed by atoms with Crippen molar-refractivity contribution in [3.8, 4) is 0 Å². The van der Waals surface area contributed by atoms with Crippen molar-refractivity contribution in [3.63, 3.8) is 0 Å². The van der Waals surface area contributed by atoms with Gasteiger partial charge in [-0.15, -0.1) is 0 Å². The summed E-state index contributed by atoms with van der Waals surface area (Å²) in [6.45, 7) is 1.56. The summed E-state index contributed by atoms with van der Waals surface area (Å²) >= 11 is 3.57. The molecular weight excluding hydrogens is 280 g/mol. The fourth-order valence-corrected chi connectivity index (χ4v) is 5.67. The lowest BCUT2D eigenvalue weighted by molar-refractivity contribution is 0.00162. The van der Waals surface area contributed by atoms with E-state index in [2.05, 4.69) is 15.9 Å². The molecule has 15 heavy (non-hydrogen) atoms. The molecule has 2 heterocycles. The molecule has 3 nitrogen and oxygen atoms in total. The zero-order valence-electron chi connectivity index (χ0n) is 8.75. The molecule has 0 aromatic heterocycles. The minimum atomic E-state index is -2.75. The molecule has 1 atom stereocenters. The predicted octanol–water partition coefficient (Wildman–Crippen LogP) is 1.61. The highest BCUT2D eigenvalue weighted by atomic mass is 79.9. The van der Waals surface area contributed by atoms with Crippen LogP contribution in [0.25, 0.3) is 0 Å². The van der Waals surface area contributed by atoms with Crippen LogP contribution in [0.5, 0.6) is 0 Å². The lowest BCUT2D eigenvalue weighted by atomic mass is 9.71. The Bertz CT molecular complexity index is 320. The van der Waals surface area contributed by atoms with Crippen molar-refractivity contribution in [3.05, 3.63) is 0 Å². The van der Waals surface area contributed by atoms with Gasteiger partial charge in [-0.05, 0) is 30.6 Å². The fourth-order valence-electron chi connectivity index (χ4n) is 2.71. The summed E-state index contributed by atoms with van der Waals surface area (Å²) < 4.78 is 28.4. The van der Waals surface area contributed by atoms with Gasteiger partial charge in [0, 0.05) is 18.5 Å². The summed E-state index contributed by atoms with van der Waals surface area (Å²) in [5.74, 6) is 1.11. The quantitative estimate of drug-likeness (QED) is 0.727. The van der Waals surface area contributed by atoms with Crippen molar-refractivity contribution >= 4 is 25.8 Å². The van der Waals surface area contributed by atoms with E-state index < -0.39 is 9.84 Å². The standard InChI is InChI=1S/C10H17BrO3S/c11-8-10(2-4-14-5-3-10)9-1-6-15(12,13)7-9/h9H,1-8H2. The van der Waals surface area contributed by atoms with E-state index in [1.165, 1.54) is 0 Å². The van der Waals surface area contributed by atoms with Gasteiger partial charge in [-0.3, -0.25) is 0 Å². The molecule has 2 rings (SSSR count). The van der Waals surface area contributed by atoms with Gasteiger partial charge in [0.2, 0.25) is 0 Å². The molecule has 88 valence electrons. The summed E-state index contributed by atoms with van der Waals surface area (Å²) in [4.78, 5) is 0. The van der Waals surface area contributed by atoms with E-state index in [0.29, 0.717) is 17.4 Å². The summed E-state index contributed by atoms with van der Waals surface area (Å²) in [6.07, 6.45) is 2.84. The second-order valence-corrected chi connectivity index (χ2v) is 7.50. The van der Waals surface area contributed by atoms with Crippen LogP contribution < -0.4 is 0 Å². The maximum atomic E-state index is 11.5. The summed E-state index contributed by atoms with van der Waals surface area (Å²) in [5, 5.41) is 0.906. The molecule has 0 radical (unpaired) electrons. The van der Waals surface area contributed by atoms with Crippen LogP contribution >= 0.6 is 15.9 Å². The van der Waals surface area contributed by atoms with Crippen LogP contribution in [0.15, 0.2) is 0 Å². The number of rotatable bonds is 2. The molecule has 0 amide bonds. The van der Waals surface area contributed by atoms with Crippen molar-refractivity contribution < 1.29 is 13.2 Å². The number of halogens is 1. The van der Waals surface area contributed by atoms with Crippen molar-refractivity contribution in [2.24, 2.45) is 11.3 Å². The molecule has 2 saturated heterocycles. The first-order valence-electron chi connectivity index (χ1n) is 5.42. The summed E-state index contributed by atoms with van der Waals surface area (Å²) in [6, 6.07) is 0. The van der Waals surface area contributed by atoms with Crippen LogP contribution in [-0.4, -0.2) is 38.5 Å². The SMILES string of the molecule is O=S1(=O)CCC(C2(CBr)CCOCC2)C1. The Morgan fingerprint density at radius 1 is 1.33 bits per heavy atom. The van der Waals surface area contributed by atoms with Crippen LogP contribution in [0.2, 0.25) is 0 Å². The van der Waals surface area contributed by atoms with Crippen LogP contribution in [0, 0.1) is 11.3 Å². The Hall–Kier alpha value is 0.390. The van der Waals surface area contributed by atoms with Gasteiger partial charge in [0.15, 0.2) is 9.84 Å². The second-order valence-electron chi connectivity index (χ2n) is 4.71. The van der Waals surface area contributed by atoms with Gasteiger partial charge >= 0.3 is 0 Å². The Balaban J connectivity index is 2.13. The van der Waals surface area contributed by atoms with Crippen LogP contribution in [0.1, 0.15) is 19.3 Å². The van der Waals surface area contributed by atoms with Gasteiger partial charge in [-0.1, -0.05) is 15.9 Å². The molecule has 0 aromatic rings. The molecule has 2 aliphatic rings. The average molecular weight is 297 g/mol. The number of hydrogen-bond acceptors (Lipinski definition) is 3. The van der Waals surface area contributed by atoms with Crippen molar-refractivity contribution in [1.82, 2.24) is 0 Å². The number of alkyl halides is 1. The zero-order valence-corrected chi connectivity index (χ0v) is 11.1. The molecule has 5 heteroatoms. The molecule has 2 fully saturated rings. The van der Waals surface area contributed by atoms with Gasteiger partial charge < -0.3 is 4.74 Å². The molecule has 0 spiro atoms. The highest BCUT2D eigenvalue weighted by molar-refractivity contribution is 9.09. The van der Waals surface area contributed by atoms with E-state index in [-0.39, 0.29) is 5.41 Å². The van der Waals surface area contributed by atoms with E-state index in [0.717, 1.165) is 37.8 Å². The molecule has 1 unspecified atom stereocenters. The topological polar surface area (TPSA) is 43.4 Å². The van der Waals surface area contributed by atoms with E-state index in [1.54, 1.807) is 0 Å². The molecule has 2 aliphatic heterocycles. The Morgan fingerprint density at radius 3 is 2.47 bits per heavy atom. The number of hydrogen-bond donors (Lipinski definition) is 0. The normalized spacial score (nSPS) is 34.1. The lowest BCUT2D eigenvalue weighted by Crippen LogP contribution is -2.38. The lowest BCUT2D eigenvalue weighted by Gasteiger charge is -2.40. The smallest absolute Gasteiger partial charge is 0.150 e. The minimum Gasteiger partial charge on any atom is -0.381 e. The molecule has 0 aromatic carbocycles. The van der Waals surface area contributed by atoms with E-state index in [9.17, 15) is 8.42 Å². The maximum Gasteiger partial charge on any atom is 0.150 e. The molecular formula is C10H17BrO3S. The maximum absolute atomic E-state index is 11.5. The second kappa shape index (κ2) is 4.34. The summed E-state index contributed by atoms with van der Waals surface area (Å²) in [5.41, 5.74) is 0.168. The van der Waals surface area contributed by atoms with Crippen LogP contribution in [0.3, 0.4) is 0 Å². The largest absolute Gasteiger partial charge is 0.381 e. The third kappa shape index (κ3) is 2.39. The minimum absolute atomic E-state index is 0.168. The predicted molar refractivity (Wildman–Crippen MR) is 63.0 cm³/mol. The Kier molecular flexibility index (Phi) is 3.43. The number of sulfone groups is 1. The highest BCUT2D eigenvalue weighted by Gasteiger charge is 2.44. The summed E-state index contributed by atoms with van der Waals surface area (Å²) in [7, 11) is -2.75. The van der Waals surface area contributed by atoms with Gasteiger partial charge in [-0.25, -0.2) is 8.42 Å². The average Bonchev–Trinajstić information content (AvgIpc) is 2.60. The molecule has 0 bridgehead atoms. The third-order valence-corrected chi connectivity index (χ3v) is 6.74. The van der Waals surface area contributed by atoms with E-state index in [1.807, 2.05) is 0 Å². The first-order valence-corrected chi connectivity index (χ1v) is 8.36. The van der Waals surface area contributed by atoms with Crippen LogP contribution in [-0.2, 0) is 14.6 Å². The Morgan fingerprint density at radius 2 is 2.00 bits per heavy atom. The third-order valence-electron chi connectivity index (χ3n) is 3.85. The van der Waals surface area contributed by atoms with Crippen molar-refractivity contribution in [2.45, 2.75) is 19.3 Å².